The molecular weight excluding hydrogens is 428 g/mol. The number of fused-ring (bicyclic) bond motifs is 1. The first-order valence-corrected chi connectivity index (χ1v) is 10.8. The number of carboxylic acid groups (broad SMARTS) is 1. The Morgan fingerprint density at radius 2 is 1.68 bits per heavy atom. The highest BCUT2D eigenvalue weighted by molar-refractivity contribution is 6.08. The van der Waals surface area contributed by atoms with Gasteiger partial charge in [0, 0.05) is 40.8 Å². The van der Waals surface area contributed by atoms with Crippen LogP contribution in [0.5, 0.6) is 11.6 Å². The average Bonchev–Trinajstić information content (AvgIpc) is 3.19. The summed E-state index contributed by atoms with van der Waals surface area (Å²) in [6.07, 6.45) is 1.64. The molecule has 0 bridgehead atoms. The fourth-order valence-corrected chi connectivity index (χ4v) is 4.32. The van der Waals surface area contributed by atoms with Gasteiger partial charge < -0.3 is 19.5 Å². The summed E-state index contributed by atoms with van der Waals surface area (Å²) in [5.74, 6) is -0.322. The van der Waals surface area contributed by atoms with Gasteiger partial charge in [0.05, 0.1) is 7.11 Å². The molecule has 34 heavy (non-hydrogen) atoms. The number of phenolic OH excluding ortho intramolecular Hbond substituents is 1. The van der Waals surface area contributed by atoms with E-state index in [-0.39, 0.29) is 11.4 Å². The monoisotopic (exact) mass is 450 g/mol. The van der Waals surface area contributed by atoms with Crippen LogP contribution in [-0.4, -0.2) is 32.8 Å². The second-order valence-corrected chi connectivity index (χ2v) is 7.97. The van der Waals surface area contributed by atoms with Crippen molar-refractivity contribution in [1.29, 1.82) is 0 Å². The van der Waals surface area contributed by atoms with Gasteiger partial charge in [-0.15, -0.1) is 0 Å². The quantitative estimate of drug-likeness (QED) is 0.340. The van der Waals surface area contributed by atoms with E-state index in [1.807, 2.05) is 71.3 Å². The van der Waals surface area contributed by atoms with E-state index in [4.69, 9.17) is 4.74 Å². The lowest BCUT2D eigenvalue weighted by atomic mass is 10.0. The maximum atomic E-state index is 12.5. The molecule has 5 aromatic rings. The third-order valence-electron chi connectivity index (χ3n) is 5.88. The molecule has 0 saturated heterocycles. The fraction of sp³-hybridized carbons (Fsp3) is 0.0714. The number of carboxylic acids is 1. The Balaban J connectivity index is 1.64. The lowest BCUT2D eigenvalue weighted by molar-refractivity contribution is 0.0687. The second kappa shape index (κ2) is 8.75. The Bertz CT molecular complexity index is 1490. The highest BCUT2D eigenvalue weighted by atomic mass is 16.5. The third kappa shape index (κ3) is 3.86. The van der Waals surface area contributed by atoms with Crippen LogP contribution in [0.15, 0.2) is 91.1 Å². The number of aromatic carboxylic acids is 1. The van der Waals surface area contributed by atoms with Crippen LogP contribution in [0.3, 0.4) is 0 Å². The first-order chi connectivity index (χ1) is 16.5. The van der Waals surface area contributed by atoms with E-state index >= 15 is 0 Å². The number of rotatable bonds is 6. The van der Waals surface area contributed by atoms with Crippen LogP contribution in [0, 0.1) is 0 Å². The van der Waals surface area contributed by atoms with Gasteiger partial charge in [-0.3, -0.25) is 0 Å². The zero-order chi connectivity index (χ0) is 23.7. The van der Waals surface area contributed by atoms with Gasteiger partial charge in [-0.1, -0.05) is 48.5 Å². The van der Waals surface area contributed by atoms with E-state index in [0.717, 1.165) is 27.6 Å². The van der Waals surface area contributed by atoms with Gasteiger partial charge in [-0.05, 0) is 47.0 Å². The van der Waals surface area contributed by atoms with Crippen molar-refractivity contribution in [1.82, 2.24) is 9.55 Å². The highest BCUT2D eigenvalue weighted by Crippen LogP contribution is 2.36. The van der Waals surface area contributed by atoms with Crippen molar-refractivity contribution in [2.45, 2.75) is 6.54 Å². The van der Waals surface area contributed by atoms with Crippen molar-refractivity contribution in [2.24, 2.45) is 0 Å². The van der Waals surface area contributed by atoms with E-state index in [2.05, 4.69) is 4.98 Å². The normalized spacial score (nSPS) is 11.0. The summed E-state index contributed by atoms with van der Waals surface area (Å²) in [5, 5.41) is 20.7. The number of hydrogen-bond donors (Lipinski definition) is 2. The summed E-state index contributed by atoms with van der Waals surface area (Å²) in [7, 11) is 1.54. The van der Waals surface area contributed by atoms with Crippen molar-refractivity contribution in [3.8, 4) is 33.9 Å². The van der Waals surface area contributed by atoms with Gasteiger partial charge in [0.15, 0.2) is 0 Å². The lowest BCUT2D eigenvalue weighted by Gasteiger charge is -2.11. The van der Waals surface area contributed by atoms with Crippen molar-refractivity contribution in [3.63, 3.8) is 0 Å². The highest BCUT2D eigenvalue weighted by Gasteiger charge is 2.24. The number of phenols is 1. The molecule has 0 amide bonds. The Labute approximate surface area is 196 Å². The topological polar surface area (TPSA) is 84.6 Å². The van der Waals surface area contributed by atoms with Crippen LogP contribution in [0.4, 0.5) is 0 Å². The molecule has 0 saturated carbocycles. The third-order valence-corrected chi connectivity index (χ3v) is 5.88. The van der Waals surface area contributed by atoms with Crippen LogP contribution in [0.2, 0.25) is 0 Å². The number of pyridine rings is 1. The molecular formula is C28H22N2O4. The predicted molar refractivity (Wildman–Crippen MR) is 131 cm³/mol. The summed E-state index contributed by atoms with van der Waals surface area (Å²) < 4.78 is 7.00. The molecule has 2 aromatic heterocycles. The number of para-hydroxylation sites is 1. The zero-order valence-corrected chi connectivity index (χ0v) is 18.5. The minimum absolute atomic E-state index is 0.211. The van der Waals surface area contributed by atoms with Crippen molar-refractivity contribution in [2.75, 3.05) is 7.11 Å². The molecule has 168 valence electrons. The van der Waals surface area contributed by atoms with Crippen LogP contribution in [-0.2, 0) is 6.54 Å². The van der Waals surface area contributed by atoms with E-state index in [1.165, 1.54) is 0 Å². The van der Waals surface area contributed by atoms with Gasteiger partial charge in [0.1, 0.15) is 11.4 Å². The molecule has 0 unspecified atom stereocenters. The maximum absolute atomic E-state index is 12.5. The van der Waals surface area contributed by atoms with Crippen molar-refractivity contribution in [3.05, 3.63) is 102 Å². The standard InChI is InChI=1S/C28H22N2O4/c1-34-25-14-11-21(16-29-25)26-23-7-2-3-8-24(23)30(27(26)28(32)33)17-18-5-4-6-20(15-18)19-9-12-22(31)13-10-19/h2-16,31H,17H2,1H3,(H,32,33). The van der Waals surface area contributed by atoms with Crippen molar-refractivity contribution >= 4 is 16.9 Å². The molecule has 2 heterocycles. The largest absolute Gasteiger partial charge is 0.508 e. The van der Waals surface area contributed by atoms with Gasteiger partial charge in [0.2, 0.25) is 5.88 Å². The molecule has 0 fully saturated rings. The Kier molecular flexibility index (Phi) is 5.47. The Morgan fingerprint density at radius 1 is 0.912 bits per heavy atom. The Hall–Kier alpha value is -4.58. The van der Waals surface area contributed by atoms with Gasteiger partial charge in [-0.25, -0.2) is 9.78 Å². The second-order valence-electron chi connectivity index (χ2n) is 7.97. The van der Waals surface area contributed by atoms with Gasteiger partial charge in [0.25, 0.3) is 0 Å². The number of aromatic nitrogens is 2. The fourth-order valence-electron chi connectivity index (χ4n) is 4.32. The smallest absolute Gasteiger partial charge is 0.353 e. The minimum atomic E-state index is -1.00. The predicted octanol–water partition coefficient (Wildman–Crippen LogP) is 5.83. The summed E-state index contributed by atoms with van der Waals surface area (Å²) in [4.78, 5) is 16.8. The molecule has 0 radical (unpaired) electrons. The molecule has 0 aliphatic carbocycles. The number of benzene rings is 3. The maximum Gasteiger partial charge on any atom is 0.353 e. The Morgan fingerprint density at radius 3 is 2.38 bits per heavy atom. The molecule has 2 N–H and O–H groups in total. The molecule has 6 nitrogen and oxygen atoms in total. The number of ether oxygens (including phenoxy) is 1. The molecule has 0 spiro atoms. The van der Waals surface area contributed by atoms with E-state index < -0.39 is 5.97 Å². The SMILES string of the molecule is COc1ccc(-c2c(C(=O)O)n(Cc3cccc(-c4ccc(O)cc4)c3)c3ccccc23)cn1. The minimum Gasteiger partial charge on any atom is -0.508 e. The summed E-state index contributed by atoms with van der Waals surface area (Å²) in [6, 6.07) is 26.2. The number of hydrogen-bond acceptors (Lipinski definition) is 4. The number of aromatic hydroxyl groups is 1. The van der Waals surface area contributed by atoms with E-state index in [1.54, 1.807) is 31.5 Å². The van der Waals surface area contributed by atoms with E-state index in [0.29, 0.717) is 23.6 Å². The first kappa shape index (κ1) is 21.3. The lowest BCUT2D eigenvalue weighted by Crippen LogP contribution is -2.10. The first-order valence-electron chi connectivity index (χ1n) is 10.8. The number of nitrogens with zero attached hydrogens (tertiary/aromatic N) is 2. The van der Waals surface area contributed by atoms with Gasteiger partial charge in [-0.2, -0.15) is 0 Å². The zero-order valence-electron chi connectivity index (χ0n) is 18.5. The molecule has 6 heteroatoms. The molecule has 3 aromatic carbocycles. The molecule has 0 atom stereocenters. The van der Waals surface area contributed by atoms with Gasteiger partial charge >= 0.3 is 5.97 Å². The molecule has 0 aliphatic heterocycles. The van der Waals surface area contributed by atoms with Crippen LogP contribution >= 0.6 is 0 Å². The summed E-state index contributed by atoms with van der Waals surface area (Å²) in [5.41, 5.74) is 5.32. The summed E-state index contributed by atoms with van der Waals surface area (Å²) in [6.45, 7) is 0.387. The number of methoxy groups -OCH3 is 1. The summed E-state index contributed by atoms with van der Waals surface area (Å²) >= 11 is 0. The average molecular weight is 450 g/mol. The van der Waals surface area contributed by atoms with Crippen LogP contribution in [0.1, 0.15) is 16.1 Å². The van der Waals surface area contributed by atoms with E-state index in [9.17, 15) is 15.0 Å². The van der Waals surface area contributed by atoms with Crippen LogP contribution < -0.4 is 4.74 Å². The van der Waals surface area contributed by atoms with Crippen molar-refractivity contribution < 1.29 is 19.7 Å². The molecule has 5 rings (SSSR count). The number of carbonyl (C=O) groups is 1. The van der Waals surface area contributed by atoms with Crippen LogP contribution in [0.25, 0.3) is 33.2 Å². The molecule has 0 aliphatic rings.